The highest BCUT2D eigenvalue weighted by molar-refractivity contribution is 5.95. The van der Waals surface area contributed by atoms with Crippen molar-refractivity contribution in [1.82, 2.24) is 4.90 Å². The van der Waals surface area contributed by atoms with Gasteiger partial charge in [0.15, 0.2) is 0 Å². The van der Waals surface area contributed by atoms with E-state index in [1.807, 2.05) is 12.1 Å². The molecule has 3 N–H and O–H groups in total. The van der Waals surface area contributed by atoms with E-state index in [4.69, 9.17) is 14.2 Å². The van der Waals surface area contributed by atoms with Crippen LogP contribution in [-0.4, -0.2) is 89.7 Å². The molecule has 1 aliphatic rings. The highest BCUT2D eigenvalue weighted by atomic mass is 16.6. The van der Waals surface area contributed by atoms with Gasteiger partial charge in [0.2, 0.25) is 12.2 Å². The molecule has 48 heavy (non-hydrogen) atoms. The molecular formula is C37H45NO10. The van der Waals surface area contributed by atoms with Crippen LogP contribution in [0, 0.1) is 13.8 Å². The molecule has 0 aliphatic heterocycles. The number of benzene rings is 3. The lowest BCUT2D eigenvalue weighted by molar-refractivity contribution is -0.166. The Hall–Kier alpha value is -4.74. The van der Waals surface area contributed by atoms with E-state index in [-0.39, 0.29) is 17.0 Å². The predicted octanol–water partition coefficient (Wildman–Crippen LogP) is 5.26. The number of nitrogens with zero attached hydrogens (tertiary/aromatic N) is 1. The first kappa shape index (κ1) is 37.7. The van der Waals surface area contributed by atoms with E-state index < -0.39 is 41.7 Å². The normalized spacial score (nSPS) is 15.6. The van der Waals surface area contributed by atoms with Crippen molar-refractivity contribution in [2.24, 2.45) is 0 Å². The van der Waals surface area contributed by atoms with Crippen LogP contribution < -0.4 is 4.74 Å². The molecule has 0 aromatic heterocycles. The number of aliphatic carboxylic acids is 2. The van der Waals surface area contributed by atoms with Crippen molar-refractivity contribution >= 4 is 23.9 Å². The number of carbonyl (C=O) groups excluding carboxylic acids is 2. The van der Waals surface area contributed by atoms with Gasteiger partial charge in [-0.25, -0.2) is 19.2 Å². The van der Waals surface area contributed by atoms with Crippen LogP contribution in [0.3, 0.4) is 0 Å². The van der Waals surface area contributed by atoms with Crippen molar-refractivity contribution in [3.05, 3.63) is 101 Å². The lowest BCUT2D eigenvalue weighted by Crippen LogP contribution is -2.45. The van der Waals surface area contributed by atoms with Crippen LogP contribution in [0.2, 0.25) is 0 Å². The Kier molecular flexibility index (Phi) is 13.7. The zero-order valence-electron chi connectivity index (χ0n) is 28.0. The molecule has 1 aliphatic carbocycles. The molecule has 0 saturated heterocycles. The molecule has 11 heteroatoms. The number of aliphatic hydroxyl groups is 1. The average molecular weight is 664 g/mol. The second-order valence-electron chi connectivity index (χ2n) is 12.3. The van der Waals surface area contributed by atoms with Crippen LogP contribution >= 0.6 is 0 Å². The monoisotopic (exact) mass is 663 g/mol. The first-order chi connectivity index (χ1) is 22.7. The highest BCUT2D eigenvalue weighted by Crippen LogP contribution is 2.40. The summed E-state index contributed by atoms with van der Waals surface area (Å²) in [6, 6.07) is 20.2. The van der Waals surface area contributed by atoms with E-state index >= 15 is 0 Å². The van der Waals surface area contributed by atoms with Crippen molar-refractivity contribution in [1.29, 1.82) is 0 Å². The highest BCUT2D eigenvalue weighted by Gasteiger charge is 2.41. The predicted molar refractivity (Wildman–Crippen MR) is 178 cm³/mol. The topological polar surface area (TPSA) is 160 Å². The molecule has 3 atom stereocenters. The van der Waals surface area contributed by atoms with Crippen molar-refractivity contribution < 1.29 is 48.7 Å². The fourth-order valence-corrected chi connectivity index (χ4v) is 5.53. The average Bonchev–Trinajstić information content (AvgIpc) is 3.06. The largest absolute Gasteiger partial charge is 0.497 e. The molecule has 0 spiro atoms. The maximum atomic E-state index is 12.2. The van der Waals surface area contributed by atoms with Crippen LogP contribution in [0.5, 0.6) is 5.75 Å². The number of aryl methyl sites for hydroxylation is 2. The zero-order chi connectivity index (χ0) is 35.4. The Bertz CT molecular complexity index is 1440. The van der Waals surface area contributed by atoms with Gasteiger partial charge in [-0.05, 0) is 82.7 Å². The van der Waals surface area contributed by atoms with Gasteiger partial charge >= 0.3 is 23.9 Å². The third kappa shape index (κ3) is 10.6. The summed E-state index contributed by atoms with van der Waals surface area (Å²) >= 11 is 0. The summed E-state index contributed by atoms with van der Waals surface area (Å²) in [5, 5.41) is 29.7. The molecule has 11 nitrogen and oxygen atoms in total. The van der Waals surface area contributed by atoms with Gasteiger partial charge in [-0.3, -0.25) is 0 Å². The minimum atomic E-state index is -2.22. The first-order valence-electron chi connectivity index (χ1n) is 15.8. The number of methoxy groups -OCH3 is 1. The maximum absolute atomic E-state index is 12.2. The second kappa shape index (κ2) is 17.4. The maximum Gasteiger partial charge on any atom is 0.349 e. The zero-order valence-corrected chi connectivity index (χ0v) is 28.0. The van der Waals surface area contributed by atoms with Crippen molar-refractivity contribution in [3.8, 4) is 5.75 Å². The minimum absolute atomic E-state index is 0.0332. The number of likely N-dealkylation sites (N-methyl/N-ethyl adjacent to an activating group) is 1. The van der Waals surface area contributed by atoms with E-state index in [0.29, 0.717) is 0 Å². The van der Waals surface area contributed by atoms with Gasteiger partial charge in [-0.15, -0.1) is 0 Å². The summed E-state index contributed by atoms with van der Waals surface area (Å²) in [6.45, 7) is 4.46. The van der Waals surface area contributed by atoms with Crippen LogP contribution in [-0.2, 0) is 19.1 Å². The number of ether oxygens (including phenoxy) is 3. The molecule has 4 rings (SSSR count). The number of carbonyl (C=O) groups is 4. The van der Waals surface area contributed by atoms with Gasteiger partial charge in [0, 0.05) is 12.5 Å². The van der Waals surface area contributed by atoms with Crippen LogP contribution in [0.1, 0.15) is 75.4 Å². The third-order valence-corrected chi connectivity index (χ3v) is 8.24. The van der Waals surface area contributed by atoms with E-state index in [2.05, 4.69) is 31.1 Å². The third-order valence-electron chi connectivity index (χ3n) is 8.24. The van der Waals surface area contributed by atoms with E-state index in [0.717, 1.165) is 49.1 Å². The summed E-state index contributed by atoms with van der Waals surface area (Å²) in [4.78, 5) is 49.5. The molecule has 0 heterocycles. The van der Waals surface area contributed by atoms with E-state index in [9.17, 15) is 34.5 Å². The fourth-order valence-electron chi connectivity index (χ4n) is 5.53. The number of hydrogen-bond donors (Lipinski definition) is 3. The Morgan fingerprint density at radius 3 is 1.48 bits per heavy atom. The van der Waals surface area contributed by atoms with E-state index in [1.165, 1.54) is 36.2 Å². The molecule has 0 amide bonds. The van der Waals surface area contributed by atoms with Gasteiger partial charge in [-0.1, -0.05) is 66.8 Å². The number of carboxylic acid groups (broad SMARTS) is 2. The smallest absolute Gasteiger partial charge is 0.349 e. The molecular weight excluding hydrogens is 618 g/mol. The molecule has 1 fully saturated rings. The summed E-state index contributed by atoms with van der Waals surface area (Å²) in [7, 11) is 5.83. The van der Waals surface area contributed by atoms with Gasteiger partial charge in [0.25, 0.3) is 0 Å². The summed E-state index contributed by atoms with van der Waals surface area (Å²) < 4.78 is 14.9. The number of esters is 2. The molecule has 0 bridgehead atoms. The Morgan fingerprint density at radius 1 is 0.708 bits per heavy atom. The lowest BCUT2D eigenvalue weighted by Gasteiger charge is -2.40. The summed E-state index contributed by atoms with van der Waals surface area (Å²) in [5.41, 5.74) is 2.45. The van der Waals surface area contributed by atoms with Crippen molar-refractivity contribution in [2.75, 3.05) is 27.7 Å². The second-order valence-corrected chi connectivity index (χ2v) is 12.3. The summed E-state index contributed by atoms with van der Waals surface area (Å²) in [5.74, 6) is -4.58. The SMILES string of the molecule is COc1ccc([C@@H](CN(C)C)C2(O)CCCCC2)cc1.Cc1ccc(C(=O)O[C@@H](C(=O)O)[C@@H](OC(=O)c2ccc(C)cc2)C(=O)O)cc1. The standard InChI is InChI=1S/C20H18O8.C17H27NO2/c1-11-3-7-13(8-4-11)19(25)27-15(17(21)22)16(18(23)24)28-20(26)14-9-5-12(2)6-10-14;1-18(2)13-16(17(19)11-5-4-6-12-17)14-7-9-15(20-3)10-8-14/h3-10,15-16H,1-2H3,(H,21,22)(H,23,24);7-10,16,19H,4-6,11-13H2,1-3H3/t15-,16-;16-/m11/s1. The first-order valence-corrected chi connectivity index (χ1v) is 15.8. The van der Waals surface area contributed by atoms with Crippen LogP contribution in [0.4, 0.5) is 0 Å². The van der Waals surface area contributed by atoms with Crippen LogP contribution in [0.15, 0.2) is 72.8 Å². The molecule has 258 valence electrons. The Morgan fingerprint density at radius 2 is 1.12 bits per heavy atom. The van der Waals surface area contributed by atoms with Crippen LogP contribution in [0.25, 0.3) is 0 Å². The van der Waals surface area contributed by atoms with E-state index in [1.54, 1.807) is 45.2 Å². The van der Waals surface area contributed by atoms with Gasteiger partial charge in [0.05, 0.1) is 23.8 Å². The minimum Gasteiger partial charge on any atom is -0.497 e. The Labute approximate surface area is 281 Å². The number of hydrogen-bond acceptors (Lipinski definition) is 9. The van der Waals surface area contributed by atoms with Gasteiger partial charge < -0.3 is 34.4 Å². The molecule has 3 aromatic rings. The number of rotatable bonds is 12. The molecule has 0 unspecified atom stereocenters. The number of carboxylic acids is 2. The van der Waals surface area contributed by atoms with Crippen molar-refractivity contribution in [2.45, 2.75) is 69.7 Å². The van der Waals surface area contributed by atoms with Gasteiger partial charge in [0.1, 0.15) is 5.75 Å². The van der Waals surface area contributed by atoms with Gasteiger partial charge in [-0.2, -0.15) is 0 Å². The fraction of sp³-hybridized carbons (Fsp3) is 0.405. The lowest BCUT2D eigenvalue weighted by atomic mass is 9.72. The Balaban J connectivity index is 0.000000275. The summed E-state index contributed by atoms with van der Waals surface area (Å²) in [6.07, 6.45) is 0.906. The van der Waals surface area contributed by atoms with Crippen molar-refractivity contribution in [3.63, 3.8) is 0 Å². The molecule has 3 aromatic carbocycles. The molecule has 1 saturated carbocycles. The molecule has 0 radical (unpaired) electrons. The quantitative estimate of drug-likeness (QED) is 0.217.